The van der Waals surface area contributed by atoms with Gasteiger partial charge in [-0.25, -0.2) is 8.42 Å². The molecule has 172 valence electrons. The number of ether oxygens (including phenoxy) is 1. The van der Waals surface area contributed by atoms with Gasteiger partial charge in [-0.15, -0.1) is 0 Å². The third-order valence-corrected chi connectivity index (χ3v) is 6.42. The second-order valence-electron chi connectivity index (χ2n) is 7.73. The predicted octanol–water partition coefficient (Wildman–Crippen LogP) is 2.56. The molecule has 1 atom stereocenters. The molecule has 2 amide bonds. The number of carbonyl (C=O) groups is 2. The van der Waals surface area contributed by atoms with E-state index in [-0.39, 0.29) is 12.0 Å². The quantitative estimate of drug-likeness (QED) is 0.600. The van der Waals surface area contributed by atoms with Gasteiger partial charge in [0.2, 0.25) is 15.9 Å². The van der Waals surface area contributed by atoms with Gasteiger partial charge in [0.05, 0.1) is 29.3 Å². The highest BCUT2D eigenvalue weighted by atomic mass is 32.2. The van der Waals surface area contributed by atoms with Gasteiger partial charge >= 0.3 is 0 Å². The first kappa shape index (κ1) is 23.7. The lowest BCUT2D eigenvalue weighted by atomic mass is 10.1. The maximum Gasteiger partial charge on any atom is 0.253 e. The van der Waals surface area contributed by atoms with E-state index >= 15 is 0 Å². The number of amides is 2. The Labute approximate surface area is 189 Å². The average Bonchev–Trinajstić information content (AvgIpc) is 3.29. The largest absolute Gasteiger partial charge is 0.376 e. The first-order chi connectivity index (χ1) is 15.3. The van der Waals surface area contributed by atoms with E-state index in [0.717, 1.165) is 35.4 Å². The fourth-order valence-electron chi connectivity index (χ4n) is 3.52. The molecule has 0 aromatic heterocycles. The Kier molecular flexibility index (Phi) is 7.87. The van der Waals surface area contributed by atoms with E-state index in [0.29, 0.717) is 30.1 Å². The molecule has 8 nitrogen and oxygen atoms in total. The van der Waals surface area contributed by atoms with Crippen LogP contribution >= 0.6 is 0 Å². The number of rotatable bonds is 9. The van der Waals surface area contributed by atoms with E-state index in [1.165, 1.54) is 0 Å². The molecular weight excluding hydrogens is 430 g/mol. The molecule has 3 rings (SSSR count). The van der Waals surface area contributed by atoms with Crippen LogP contribution in [0.25, 0.3) is 0 Å². The lowest BCUT2D eigenvalue weighted by Gasteiger charge is -2.22. The molecule has 0 aliphatic carbocycles. The first-order valence-corrected chi connectivity index (χ1v) is 12.5. The zero-order chi connectivity index (χ0) is 23.1. The standard InChI is InChI=1S/C23H29N3O5S/c1-3-17-10-12-18(13-11-17)26(32(2,29)30)16-22(27)25-21-9-5-4-8-20(21)23(28)24-15-19-7-6-14-31-19/h4-5,8-13,19H,3,6-7,14-16H2,1-2H3,(H,24,28)(H,25,27). The van der Waals surface area contributed by atoms with Crippen molar-refractivity contribution in [2.24, 2.45) is 0 Å². The van der Waals surface area contributed by atoms with Crippen molar-refractivity contribution in [1.82, 2.24) is 5.32 Å². The summed E-state index contributed by atoms with van der Waals surface area (Å²) in [5.74, 6) is -0.874. The van der Waals surface area contributed by atoms with Crippen molar-refractivity contribution < 1.29 is 22.7 Å². The molecule has 1 heterocycles. The van der Waals surface area contributed by atoms with Gasteiger partial charge in [-0.2, -0.15) is 0 Å². The number of nitrogens with zero attached hydrogens (tertiary/aromatic N) is 1. The minimum atomic E-state index is -3.69. The van der Waals surface area contributed by atoms with Crippen molar-refractivity contribution in [3.63, 3.8) is 0 Å². The van der Waals surface area contributed by atoms with Gasteiger partial charge in [0.1, 0.15) is 6.54 Å². The molecule has 2 aromatic carbocycles. The van der Waals surface area contributed by atoms with E-state index < -0.39 is 22.5 Å². The maximum absolute atomic E-state index is 12.7. The topological polar surface area (TPSA) is 105 Å². The van der Waals surface area contributed by atoms with Crippen molar-refractivity contribution in [3.8, 4) is 0 Å². The Bertz CT molecular complexity index is 1050. The van der Waals surface area contributed by atoms with E-state index in [1.54, 1.807) is 36.4 Å². The van der Waals surface area contributed by atoms with Crippen molar-refractivity contribution in [3.05, 3.63) is 59.7 Å². The van der Waals surface area contributed by atoms with Crippen LogP contribution < -0.4 is 14.9 Å². The second-order valence-corrected chi connectivity index (χ2v) is 9.64. The highest BCUT2D eigenvalue weighted by Gasteiger charge is 2.22. The van der Waals surface area contributed by atoms with Gasteiger partial charge in [-0.05, 0) is 49.1 Å². The van der Waals surface area contributed by atoms with Crippen LogP contribution in [0, 0.1) is 0 Å². The smallest absolute Gasteiger partial charge is 0.253 e. The van der Waals surface area contributed by atoms with Gasteiger partial charge < -0.3 is 15.4 Å². The molecule has 1 aliphatic rings. The SMILES string of the molecule is CCc1ccc(N(CC(=O)Nc2ccccc2C(=O)NCC2CCCO2)S(C)(=O)=O)cc1. The number of hydrogen-bond acceptors (Lipinski definition) is 5. The van der Waals surface area contributed by atoms with Crippen LogP contribution in [0.4, 0.5) is 11.4 Å². The van der Waals surface area contributed by atoms with Gasteiger partial charge in [-0.1, -0.05) is 31.2 Å². The summed E-state index contributed by atoms with van der Waals surface area (Å²) in [6, 6.07) is 13.6. The van der Waals surface area contributed by atoms with Gasteiger partial charge in [0.25, 0.3) is 5.91 Å². The van der Waals surface area contributed by atoms with Crippen LogP contribution in [-0.4, -0.2) is 52.3 Å². The zero-order valence-corrected chi connectivity index (χ0v) is 19.2. The molecule has 0 saturated carbocycles. The fraction of sp³-hybridized carbons (Fsp3) is 0.391. The molecule has 2 N–H and O–H groups in total. The lowest BCUT2D eigenvalue weighted by Crippen LogP contribution is -2.38. The summed E-state index contributed by atoms with van der Waals surface area (Å²) in [6.07, 6.45) is 3.76. The average molecular weight is 460 g/mol. The molecule has 1 unspecified atom stereocenters. The third-order valence-electron chi connectivity index (χ3n) is 5.28. The molecule has 1 fully saturated rings. The number of carbonyl (C=O) groups excluding carboxylic acids is 2. The van der Waals surface area contributed by atoms with Crippen LogP contribution in [0.1, 0.15) is 35.7 Å². The molecule has 1 aliphatic heterocycles. The molecule has 0 radical (unpaired) electrons. The summed E-state index contributed by atoms with van der Waals surface area (Å²) >= 11 is 0. The number of para-hydroxylation sites is 1. The number of benzene rings is 2. The van der Waals surface area contributed by atoms with Crippen LogP contribution in [0.15, 0.2) is 48.5 Å². The summed E-state index contributed by atoms with van der Waals surface area (Å²) in [5.41, 5.74) is 2.09. The Balaban J connectivity index is 1.70. The van der Waals surface area contributed by atoms with Crippen molar-refractivity contribution in [2.45, 2.75) is 32.3 Å². The molecule has 2 aromatic rings. The highest BCUT2D eigenvalue weighted by Crippen LogP contribution is 2.20. The summed E-state index contributed by atoms with van der Waals surface area (Å²) in [4.78, 5) is 25.4. The van der Waals surface area contributed by atoms with Gasteiger partial charge in [0, 0.05) is 13.2 Å². The van der Waals surface area contributed by atoms with Crippen LogP contribution in [0.5, 0.6) is 0 Å². The molecule has 9 heteroatoms. The molecule has 1 saturated heterocycles. The summed E-state index contributed by atoms with van der Waals surface area (Å²) in [6.45, 7) is 2.70. The van der Waals surface area contributed by atoms with E-state index in [1.807, 2.05) is 19.1 Å². The third kappa shape index (κ3) is 6.30. The minimum absolute atomic E-state index is 0.00289. The summed E-state index contributed by atoms with van der Waals surface area (Å²) in [7, 11) is -3.69. The maximum atomic E-state index is 12.7. The first-order valence-electron chi connectivity index (χ1n) is 10.6. The number of nitrogens with one attached hydrogen (secondary N) is 2. The van der Waals surface area contributed by atoms with Crippen molar-refractivity contribution >= 4 is 33.2 Å². The Morgan fingerprint density at radius 2 is 1.84 bits per heavy atom. The Morgan fingerprint density at radius 1 is 1.12 bits per heavy atom. The van der Waals surface area contributed by atoms with Crippen molar-refractivity contribution in [1.29, 1.82) is 0 Å². The summed E-state index contributed by atoms with van der Waals surface area (Å²) < 4.78 is 31.2. The number of aryl methyl sites for hydroxylation is 1. The van der Waals surface area contributed by atoms with Crippen molar-refractivity contribution in [2.75, 3.05) is 35.6 Å². The molecule has 0 spiro atoms. The van der Waals surface area contributed by atoms with Crippen LogP contribution in [-0.2, 0) is 26.0 Å². The summed E-state index contributed by atoms with van der Waals surface area (Å²) in [5, 5.41) is 5.51. The highest BCUT2D eigenvalue weighted by molar-refractivity contribution is 7.92. The number of anilines is 2. The van der Waals surface area contributed by atoms with Crippen LogP contribution in [0.2, 0.25) is 0 Å². The zero-order valence-electron chi connectivity index (χ0n) is 18.3. The molecule has 32 heavy (non-hydrogen) atoms. The van der Waals surface area contributed by atoms with Crippen LogP contribution in [0.3, 0.4) is 0 Å². The second kappa shape index (κ2) is 10.6. The molecular formula is C23H29N3O5S. The fourth-order valence-corrected chi connectivity index (χ4v) is 4.37. The number of sulfonamides is 1. The van der Waals surface area contributed by atoms with Gasteiger partial charge in [0.15, 0.2) is 0 Å². The predicted molar refractivity (Wildman–Crippen MR) is 124 cm³/mol. The van der Waals surface area contributed by atoms with E-state index in [9.17, 15) is 18.0 Å². The van der Waals surface area contributed by atoms with E-state index in [4.69, 9.17) is 4.74 Å². The molecule has 0 bridgehead atoms. The number of hydrogen-bond donors (Lipinski definition) is 2. The van der Waals surface area contributed by atoms with E-state index in [2.05, 4.69) is 10.6 Å². The van der Waals surface area contributed by atoms with Gasteiger partial charge in [-0.3, -0.25) is 13.9 Å². The minimum Gasteiger partial charge on any atom is -0.376 e. The monoisotopic (exact) mass is 459 g/mol. The Morgan fingerprint density at radius 3 is 2.47 bits per heavy atom. The lowest BCUT2D eigenvalue weighted by molar-refractivity contribution is -0.114. The normalized spacial score (nSPS) is 15.9. The Hall–Kier alpha value is -2.91.